The Hall–Kier alpha value is -1.81. The SMILES string of the molecule is C=C(C)C(=O)OCCc1cc(C2CCC(C3CCC(CCCCC)CC3)CC2)ccc1OCCCO. The molecule has 1 aromatic carbocycles. The van der Waals surface area contributed by atoms with Gasteiger partial charge in [0, 0.05) is 25.0 Å². The Morgan fingerprint density at radius 1 is 0.972 bits per heavy atom. The first-order valence-corrected chi connectivity index (χ1v) is 14.7. The van der Waals surface area contributed by atoms with Crippen molar-refractivity contribution in [1.82, 2.24) is 0 Å². The Bertz CT molecular complexity index is 800. The summed E-state index contributed by atoms with van der Waals surface area (Å²) in [4.78, 5) is 11.8. The summed E-state index contributed by atoms with van der Waals surface area (Å²) in [6.07, 6.45) is 18.0. The van der Waals surface area contributed by atoms with Gasteiger partial charge in [0.1, 0.15) is 5.75 Å². The minimum atomic E-state index is -0.345. The molecule has 0 radical (unpaired) electrons. The van der Waals surface area contributed by atoms with Crippen molar-refractivity contribution in [3.05, 3.63) is 41.5 Å². The summed E-state index contributed by atoms with van der Waals surface area (Å²) in [7, 11) is 0. The summed E-state index contributed by atoms with van der Waals surface area (Å²) in [6.45, 7) is 8.55. The van der Waals surface area contributed by atoms with Crippen molar-refractivity contribution in [1.29, 1.82) is 0 Å². The van der Waals surface area contributed by atoms with Gasteiger partial charge in [-0.05, 0) is 86.3 Å². The summed E-state index contributed by atoms with van der Waals surface area (Å²) in [6, 6.07) is 6.58. The van der Waals surface area contributed by atoms with Crippen LogP contribution in [0.4, 0.5) is 0 Å². The molecule has 0 unspecified atom stereocenters. The van der Waals surface area contributed by atoms with E-state index < -0.39 is 0 Å². The predicted molar refractivity (Wildman–Crippen MR) is 147 cm³/mol. The summed E-state index contributed by atoms with van der Waals surface area (Å²) >= 11 is 0. The molecule has 1 N–H and O–H groups in total. The van der Waals surface area contributed by atoms with Crippen LogP contribution in [-0.2, 0) is 16.0 Å². The van der Waals surface area contributed by atoms with Crippen molar-refractivity contribution in [3.63, 3.8) is 0 Å². The monoisotopic (exact) mass is 498 g/mol. The van der Waals surface area contributed by atoms with E-state index in [0.29, 0.717) is 37.5 Å². The maximum atomic E-state index is 11.8. The number of ether oxygens (including phenoxy) is 2. The van der Waals surface area contributed by atoms with E-state index in [0.717, 1.165) is 29.1 Å². The molecule has 3 rings (SSSR count). The highest BCUT2D eigenvalue weighted by Gasteiger charge is 2.31. The third-order valence-corrected chi connectivity index (χ3v) is 8.61. The normalized spacial score (nSPS) is 24.3. The van der Waals surface area contributed by atoms with Crippen molar-refractivity contribution in [3.8, 4) is 5.75 Å². The van der Waals surface area contributed by atoms with Crippen LogP contribution >= 0.6 is 0 Å². The number of aliphatic hydroxyl groups is 1. The minimum absolute atomic E-state index is 0.118. The second kappa shape index (κ2) is 15.4. The zero-order chi connectivity index (χ0) is 25.8. The lowest BCUT2D eigenvalue weighted by Gasteiger charge is -2.38. The first-order chi connectivity index (χ1) is 17.5. The molecular weight excluding hydrogens is 448 g/mol. The molecule has 1 aromatic rings. The fraction of sp³-hybridized carbons (Fsp3) is 0.719. The molecule has 2 aliphatic rings. The number of carbonyl (C=O) groups is 1. The molecule has 2 saturated carbocycles. The fourth-order valence-corrected chi connectivity index (χ4v) is 6.37. The van der Waals surface area contributed by atoms with Gasteiger partial charge in [-0.2, -0.15) is 0 Å². The van der Waals surface area contributed by atoms with E-state index in [-0.39, 0.29) is 12.6 Å². The molecule has 0 atom stereocenters. The number of rotatable bonds is 14. The van der Waals surface area contributed by atoms with Gasteiger partial charge in [0.05, 0.1) is 13.2 Å². The Balaban J connectivity index is 1.52. The van der Waals surface area contributed by atoms with Gasteiger partial charge in [0.15, 0.2) is 0 Å². The highest BCUT2D eigenvalue weighted by Crippen LogP contribution is 2.45. The zero-order valence-electron chi connectivity index (χ0n) is 22.9. The second-order valence-corrected chi connectivity index (χ2v) is 11.3. The van der Waals surface area contributed by atoms with Crippen LogP contribution in [0.5, 0.6) is 5.75 Å². The van der Waals surface area contributed by atoms with Gasteiger partial charge in [0.2, 0.25) is 0 Å². The number of carbonyl (C=O) groups excluding carboxylic acids is 1. The lowest BCUT2D eigenvalue weighted by molar-refractivity contribution is -0.138. The third-order valence-electron chi connectivity index (χ3n) is 8.61. The Morgan fingerprint density at radius 2 is 1.67 bits per heavy atom. The van der Waals surface area contributed by atoms with E-state index in [1.165, 1.54) is 82.6 Å². The van der Waals surface area contributed by atoms with Gasteiger partial charge in [0.25, 0.3) is 0 Å². The van der Waals surface area contributed by atoms with E-state index in [1.54, 1.807) is 6.92 Å². The zero-order valence-corrected chi connectivity index (χ0v) is 22.9. The predicted octanol–water partition coefficient (Wildman–Crippen LogP) is 7.77. The molecule has 0 aromatic heterocycles. The van der Waals surface area contributed by atoms with Gasteiger partial charge in [-0.15, -0.1) is 0 Å². The van der Waals surface area contributed by atoms with Crippen LogP contribution in [0.2, 0.25) is 0 Å². The number of esters is 1. The highest BCUT2D eigenvalue weighted by atomic mass is 16.5. The number of unbranched alkanes of at least 4 members (excludes halogenated alkanes) is 2. The number of aliphatic hydroxyl groups excluding tert-OH is 1. The van der Waals surface area contributed by atoms with Gasteiger partial charge < -0.3 is 14.6 Å². The molecule has 0 spiro atoms. The molecule has 0 bridgehead atoms. The summed E-state index contributed by atoms with van der Waals surface area (Å²) in [5.74, 6) is 3.96. The van der Waals surface area contributed by atoms with Gasteiger partial charge in [-0.25, -0.2) is 4.79 Å². The summed E-state index contributed by atoms with van der Waals surface area (Å²) in [5, 5.41) is 9.11. The lowest BCUT2D eigenvalue weighted by Crippen LogP contribution is -2.25. The molecule has 0 saturated heterocycles. The summed E-state index contributed by atoms with van der Waals surface area (Å²) < 4.78 is 11.3. The van der Waals surface area contributed by atoms with Crippen LogP contribution in [0, 0.1) is 17.8 Å². The Labute approximate surface area is 219 Å². The molecule has 0 heterocycles. The molecular formula is C32H50O4. The van der Waals surface area contributed by atoms with E-state index in [1.807, 2.05) is 0 Å². The number of hydrogen-bond donors (Lipinski definition) is 1. The quantitative estimate of drug-likeness (QED) is 0.162. The van der Waals surface area contributed by atoms with E-state index in [2.05, 4.69) is 31.7 Å². The average Bonchev–Trinajstić information content (AvgIpc) is 2.90. The minimum Gasteiger partial charge on any atom is -0.493 e. The molecule has 2 fully saturated rings. The van der Waals surface area contributed by atoms with E-state index in [9.17, 15) is 4.79 Å². The largest absolute Gasteiger partial charge is 0.493 e. The van der Waals surface area contributed by atoms with Crippen LogP contribution in [0.1, 0.15) is 114 Å². The van der Waals surface area contributed by atoms with Crippen LogP contribution < -0.4 is 4.74 Å². The average molecular weight is 499 g/mol. The maximum Gasteiger partial charge on any atom is 0.333 e. The molecule has 0 amide bonds. The molecule has 4 nitrogen and oxygen atoms in total. The molecule has 0 aliphatic heterocycles. The lowest BCUT2D eigenvalue weighted by atomic mass is 9.68. The highest BCUT2D eigenvalue weighted by molar-refractivity contribution is 5.86. The van der Waals surface area contributed by atoms with Crippen LogP contribution in [0.3, 0.4) is 0 Å². The third kappa shape index (κ3) is 8.94. The smallest absolute Gasteiger partial charge is 0.333 e. The molecule has 4 heteroatoms. The van der Waals surface area contributed by atoms with Crippen LogP contribution in [-0.4, -0.2) is 30.9 Å². The Kier molecular flexibility index (Phi) is 12.3. The first-order valence-electron chi connectivity index (χ1n) is 14.7. The van der Waals surface area contributed by atoms with Crippen LogP contribution in [0.25, 0.3) is 0 Å². The van der Waals surface area contributed by atoms with Crippen molar-refractivity contribution >= 4 is 5.97 Å². The molecule has 202 valence electrons. The van der Waals surface area contributed by atoms with E-state index >= 15 is 0 Å². The summed E-state index contributed by atoms with van der Waals surface area (Å²) in [5.41, 5.74) is 2.90. The standard InChI is InChI=1S/C32H50O4/c1-4-5-6-8-25-9-11-26(12-10-25)27-13-15-28(16-14-27)29-17-18-31(35-21-7-20-33)30(23-29)19-22-36-32(34)24(2)3/h17-18,23,25-28,33H,2,4-16,19-22H2,1,3H3. The number of benzene rings is 1. The van der Waals surface area contributed by atoms with Crippen molar-refractivity contribution in [2.24, 2.45) is 17.8 Å². The second-order valence-electron chi connectivity index (χ2n) is 11.3. The Morgan fingerprint density at radius 3 is 2.31 bits per heavy atom. The maximum absolute atomic E-state index is 11.8. The number of hydrogen-bond acceptors (Lipinski definition) is 4. The molecule has 36 heavy (non-hydrogen) atoms. The van der Waals surface area contributed by atoms with Gasteiger partial charge in [-0.1, -0.05) is 64.2 Å². The van der Waals surface area contributed by atoms with E-state index in [4.69, 9.17) is 14.6 Å². The van der Waals surface area contributed by atoms with Gasteiger partial charge >= 0.3 is 5.97 Å². The van der Waals surface area contributed by atoms with Gasteiger partial charge in [-0.3, -0.25) is 0 Å². The van der Waals surface area contributed by atoms with Crippen molar-refractivity contribution in [2.75, 3.05) is 19.8 Å². The van der Waals surface area contributed by atoms with Crippen molar-refractivity contribution in [2.45, 2.75) is 110 Å². The fourth-order valence-electron chi connectivity index (χ4n) is 6.37. The molecule has 2 aliphatic carbocycles. The topological polar surface area (TPSA) is 55.8 Å². The first kappa shape index (κ1) is 28.8. The van der Waals surface area contributed by atoms with Crippen LogP contribution in [0.15, 0.2) is 30.4 Å². The van der Waals surface area contributed by atoms with Crippen molar-refractivity contribution < 1.29 is 19.4 Å².